The predicted molar refractivity (Wildman–Crippen MR) is 124 cm³/mol. The SMILES string of the molecule is CN=C(NCc1cccc(C(=O)NC(C)(C)C)c1)N1CCN(c2ccc(F)cc2)CC1. The number of carbonyl (C=O) groups excluding carboxylic acids is 1. The molecule has 0 bridgehead atoms. The normalized spacial score (nSPS) is 15.1. The number of rotatable bonds is 4. The lowest BCUT2D eigenvalue weighted by atomic mass is 10.1. The van der Waals surface area contributed by atoms with E-state index in [0.29, 0.717) is 12.1 Å². The van der Waals surface area contributed by atoms with Crippen molar-refractivity contribution in [3.05, 3.63) is 65.5 Å². The summed E-state index contributed by atoms with van der Waals surface area (Å²) >= 11 is 0. The number of hydrogen-bond acceptors (Lipinski definition) is 3. The average Bonchev–Trinajstić information content (AvgIpc) is 2.74. The molecule has 0 unspecified atom stereocenters. The van der Waals surface area contributed by atoms with E-state index in [-0.39, 0.29) is 17.3 Å². The van der Waals surface area contributed by atoms with Crippen LogP contribution >= 0.6 is 0 Å². The number of guanidine groups is 1. The molecular weight excluding hydrogens is 393 g/mol. The zero-order valence-corrected chi connectivity index (χ0v) is 18.8. The number of hydrogen-bond donors (Lipinski definition) is 2. The van der Waals surface area contributed by atoms with E-state index in [9.17, 15) is 9.18 Å². The molecule has 166 valence electrons. The summed E-state index contributed by atoms with van der Waals surface area (Å²) in [6.07, 6.45) is 0. The quantitative estimate of drug-likeness (QED) is 0.583. The summed E-state index contributed by atoms with van der Waals surface area (Å²) in [5, 5.41) is 6.40. The Bertz CT molecular complexity index is 912. The van der Waals surface area contributed by atoms with Crippen LogP contribution in [0.25, 0.3) is 0 Å². The van der Waals surface area contributed by atoms with Crippen LogP contribution in [0.1, 0.15) is 36.7 Å². The molecule has 1 aliphatic rings. The molecule has 1 saturated heterocycles. The first-order valence-electron chi connectivity index (χ1n) is 10.6. The van der Waals surface area contributed by atoms with Crippen molar-refractivity contribution in [1.29, 1.82) is 0 Å². The van der Waals surface area contributed by atoms with E-state index < -0.39 is 0 Å². The minimum Gasteiger partial charge on any atom is -0.368 e. The van der Waals surface area contributed by atoms with Gasteiger partial charge in [-0.2, -0.15) is 0 Å². The Hall–Kier alpha value is -3.09. The number of benzene rings is 2. The Morgan fingerprint density at radius 2 is 1.74 bits per heavy atom. The molecule has 0 aliphatic carbocycles. The first-order valence-corrected chi connectivity index (χ1v) is 10.6. The number of nitrogens with one attached hydrogen (secondary N) is 2. The minimum absolute atomic E-state index is 0.0735. The summed E-state index contributed by atoms with van der Waals surface area (Å²) in [4.78, 5) is 21.3. The van der Waals surface area contributed by atoms with Crippen molar-refractivity contribution in [2.45, 2.75) is 32.9 Å². The van der Waals surface area contributed by atoms with Gasteiger partial charge >= 0.3 is 0 Å². The topological polar surface area (TPSA) is 60.0 Å². The van der Waals surface area contributed by atoms with E-state index in [1.807, 2.05) is 57.2 Å². The van der Waals surface area contributed by atoms with E-state index >= 15 is 0 Å². The van der Waals surface area contributed by atoms with Crippen LogP contribution < -0.4 is 15.5 Å². The van der Waals surface area contributed by atoms with Gasteiger partial charge < -0.3 is 20.4 Å². The Kier molecular flexibility index (Phi) is 7.15. The molecule has 1 fully saturated rings. The molecule has 7 heteroatoms. The standard InChI is InChI=1S/C24H32FN5O/c1-24(2,3)28-22(31)19-7-5-6-18(16-19)17-27-23(26-4)30-14-12-29(13-15-30)21-10-8-20(25)9-11-21/h5-11,16H,12-15,17H2,1-4H3,(H,26,27)(H,28,31). The van der Waals surface area contributed by atoms with Crippen molar-refractivity contribution in [3.63, 3.8) is 0 Å². The zero-order valence-electron chi connectivity index (χ0n) is 18.8. The van der Waals surface area contributed by atoms with Crippen LogP contribution in [0.4, 0.5) is 10.1 Å². The number of piperazine rings is 1. The third kappa shape index (κ3) is 6.44. The fourth-order valence-electron chi connectivity index (χ4n) is 3.58. The molecule has 0 atom stereocenters. The second-order valence-corrected chi connectivity index (χ2v) is 8.76. The number of amides is 1. The molecule has 2 aromatic carbocycles. The van der Waals surface area contributed by atoms with Gasteiger partial charge in [0.05, 0.1) is 0 Å². The molecule has 1 aliphatic heterocycles. The second kappa shape index (κ2) is 9.81. The maximum absolute atomic E-state index is 13.2. The van der Waals surface area contributed by atoms with Gasteiger partial charge in [0.15, 0.2) is 5.96 Å². The van der Waals surface area contributed by atoms with E-state index in [1.54, 1.807) is 7.05 Å². The van der Waals surface area contributed by atoms with Gasteiger partial charge in [-0.05, 0) is 62.7 Å². The molecule has 0 aromatic heterocycles. The molecule has 2 N–H and O–H groups in total. The highest BCUT2D eigenvalue weighted by atomic mass is 19.1. The smallest absolute Gasteiger partial charge is 0.251 e. The predicted octanol–water partition coefficient (Wildman–Crippen LogP) is 3.25. The highest BCUT2D eigenvalue weighted by Crippen LogP contribution is 2.17. The van der Waals surface area contributed by atoms with Crippen molar-refractivity contribution >= 4 is 17.6 Å². The summed E-state index contributed by atoms with van der Waals surface area (Å²) in [6, 6.07) is 14.3. The summed E-state index contributed by atoms with van der Waals surface area (Å²) < 4.78 is 13.2. The number of nitrogens with zero attached hydrogens (tertiary/aromatic N) is 3. The summed E-state index contributed by atoms with van der Waals surface area (Å²) in [6.45, 7) is 9.82. The maximum atomic E-state index is 13.2. The molecule has 2 aromatic rings. The molecule has 3 rings (SSSR count). The Morgan fingerprint density at radius 1 is 1.06 bits per heavy atom. The Labute approximate surface area is 184 Å². The van der Waals surface area contributed by atoms with Gasteiger partial charge in [-0.1, -0.05) is 12.1 Å². The van der Waals surface area contributed by atoms with Gasteiger partial charge in [0.1, 0.15) is 5.82 Å². The van der Waals surface area contributed by atoms with Crippen molar-refractivity contribution < 1.29 is 9.18 Å². The van der Waals surface area contributed by atoms with Crippen LogP contribution in [0.2, 0.25) is 0 Å². The monoisotopic (exact) mass is 425 g/mol. The first-order chi connectivity index (χ1) is 14.7. The average molecular weight is 426 g/mol. The van der Waals surface area contributed by atoms with E-state index in [2.05, 4.69) is 25.4 Å². The van der Waals surface area contributed by atoms with E-state index in [1.165, 1.54) is 12.1 Å². The fourth-order valence-corrected chi connectivity index (χ4v) is 3.58. The number of anilines is 1. The number of carbonyl (C=O) groups is 1. The van der Waals surface area contributed by atoms with Gasteiger partial charge in [0.2, 0.25) is 0 Å². The van der Waals surface area contributed by atoms with Crippen molar-refractivity contribution in [2.75, 3.05) is 38.1 Å². The third-order valence-corrected chi connectivity index (χ3v) is 5.11. The zero-order chi connectivity index (χ0) is 22.4. The molecule has 0 radical (unpaired) electrons. The molecule has 1 heterocycles. The largest absolute Gasteiger partial charge is 0.368 e. The van der Waals surface area contributed by atoms with Crippen LogP contribution in [0, 0.1) is 5.82 Å². The van der Waals surface area contributed by atoms with Crippen LogP contribution in [-0.2, 0) is 6.54 Å². The first kappa shape index (κ1) is 22.6. The second-order valence-electron chi connectivity index (χ2n) is 8.76. The third-order valence-electron chi connectivity index (χ3n) is 5.11. The minimum atomic E-state index is -0.274. The lowest BCUT2D eigenvalue weighted by Gasteiger charge is -2.37. The molecular formula is C24H32FN5O. The fraction of sp³-hybridized carbons (Fsp3) is 0.417. The summed E-state index contributed by atoms with van der Waals surface area (Å²) in [5.41, 5.74) is 2.43. The van der Waals surface area contributed by atoms with Crippen molar-refractivity contribution in [3.8, 4) is 0 Å². The molecule has 1 amide bonds. The maximum Gasteiger partial charge on any atom is 0.251 e. The van der Waals surface area contributed by atoms with Crippen LogP contribution in [0.3, 0.4) is 0 Å². The van der Waals surface area contributed by atoms with Crippen LogP contribution in [0.5, 0.6) is 0 Å². The van der Waals surface area contributed by atoms with E-state index in [0.717, 1.165) is 43.4 Å². The van der Waals surface area contributed by atoms with Crippen LogP contribution in [0.15, 0.2) is 53.5 Å². The highest BCUT2D eigenvalue weighted by molar-refractivity contribution is 5.94. The molecule has 6 nitrogen and oxygen atoms in total. The molecule has 31 heavy (non-hydrogen) atoms. The van der Waals surface area contributed by atoms with Gasteiger partial charge in [-0.25, -0.2) is 4.39 Å². The van der Waals surface area contributed by atoms with Crippen molar-refractivity contribution in [1.82, 2.24) is 15.5 Å². The Morgan fingerprint density at radius 3 is 2.35 bits per heavy atom. The van der Waals surface area contributed by atoms with Crippen molar-refractivity contribution in [2.24, 2.45) is 4.99 Å². The van der Waals surface area contributed by atoms with Gasteiger partial charge in [-0.15, -0.1) is 0 Å². The summed E-state index contributed by atoms with van der Waals surface area (Å²) in [7, 11) is 1.78. The lowest BCUT2D eigenvalue weighted by Crippen LogP contribution is -2.52. The number of halogens is 1. The van der Waals surface area contributed by atoms with E-state index in [4.69, 9.17) is 0 Å². The summed E-state index contributed by atoms with van der Waals surface area (Å²) in [5.74, 6) is 0.547. The molecule has 0 saturated carbocycles. The van der Waals surface area contributed by atoms with Crippen LogP contribution in [-0.4, -0.2) is 55.5 Å². The van der Waals surface area contributed by atoms with Gasteiger partial charge in [-0.3, -0.25) is 9.79 Å². The Balaban J connectivity index is 1.55. The number of aliphatic imine (C=N–C) groups is 1. The van der Waals surface area contributed by atoms with Gasteiger partial charge in [0, 0.05) is 56.6 Å². The highest BCUT2D eigenvalue weighted by Gasteiger charge is 2.20. The lowest BCUT2D eigenvalue weighted by molar-refractivity contribution is 0.0919. The molecule has 0 spiro atoms. The van der Waals surface area contributed by atoms with Gasteiger partial charge in [0.25, 0.3) is 5.91 Å².